The van der Waals surface area contributed by atoms with Crippen molar-refractivity contribution in [1.29, 1.82) is 0 Å². The minimum absolute atomic E-state index is 0.250. The third-order valence-electron chi connectivity index (χ3n) is 2.28. The standard InChI is InChI=1S/C8H14F3N3O/c9-8(10,11)6(12)7(15)14-5-2-1-3-13-4-5/h5-6,13H,1-4,12H2,(H,14,15). The highest BCUT2D eigenvalue weighted by Gasteiger charge is 2.42. The lowest BCUT2D eigenvalue weighted by molar-refractivity contribution is -0.163. The van der Waals surface area contributed by atoms with Crippen molar-refractivity contribution in [1.82, 2.24) is 10.6 Å². The highest BCUT2D eigenvalue weighted by Crippen LogP contribution is 2.18. The Morgan fingerprint density at radius 1 is 1.53 bits per heavy atom. The summed E-state index contributed by atoms with van der Waals surface area (Å²) in [5.74, 6) is -1.16. The van der Waals surface area contributed by atoms with Crippen LogP contribution in [0.25, 0.3) is 0 Å². The van der Waals surface area contributed by atoms with E-state index in [-0.39, 0.29) is 6.04 Å². The second-order valence-corrected chi connectivity index (χ2v) is 3.57. The van der Waals surface area contributed by atoms with E-state index in [9.17, 15) is 18.0 Å². The van der Waals surface area contributed by atoms with E-state index in [2.05, 4.69) is 10.6 Å². The van der Waals surface area contributed by atoms with Crippen molar-refractivity contribution in [3.8, 4) is 0 Å². The van der Waals surface area contributed by atoms with Crippen LogP contribution in [0.3, 0.4) is 0 Å². The second kappa shape index (κ2) is 4.80. The Morgan fingerprint density at radius 3 is 2.67 bits per heavy atom. The number of nitrogens with two attached hydrogens (primary N) is 1. The number of amides is 1. The van der Waals surface area contributed by atoms with Gasteiger partial charge in [-0.25, -0.2) is 0 Å². The molecule has 0 aromatic rings. The Morgan fingerprint density at radius 2 is 2.20 bits per heavy atom. The molecule has 0 spiro atoms. The van der Waals surface area contributed by atoms with Gasteiger partial charge in [0.15, 0.2) is 6.04 Å². The molecule has 7 heteroatoms. The monoisotopic (exact) mass is 225 g/mol. The van der Waals surface area contributed by atoms with E-state index >= 15 is 0 Å². The molecule has 15 heavy (non-hydrogen) atoms. The molecule has 1 fully saturated rings. The van der Waals surface area contributed by atoms with Crippen LogP contribution in [0.15, 0.2) is 0 Å². The van der Waals surface area contributed by atoms with Crippen molar-refractivity contribution in [2.45, 2.75) is 31.1 Å². The summed E-state index contributed by atoms with van der Waals surface area (Å²) in [5, 5.41) is 5.26. The maximum Gasteiger partial charge on any atom is 0.412 e. The van der Waals surface area contributed by atoms with Crippen LogP contribution in [-0.4, -0.2) is 37.3 Å². The van der Waals surface area contributed by atoms with Crippen LogP contribution in [0, 0.1) is 0 Å². The minimum Gasteiger partial charge on any atom is -0.350 e. The molecule has 0 aliphatic carbocycles. The molecule has 0 aromatic carbocycles. The summed E-state index contributed by atoms with van der Waals surface area (Å²) < 4.78 is 36.2. The quantitative estimate of drug-likeness (QED) is 0.606. The molecule has 4 N–H and O–H groups in total. The Hall–Kier alpha value is -0.820. The van der Waals surface area contributed by atoms with Gasteiger partial charge in [0.05, 0.1) is 0 Å². The normalized spacial score (nSPS) is 24.7. The van der Waals surface area contributed by atoms with Gasteiger partial charge in [-0.1, -0.05) is 0 Å². The van der Waals surface area contributed by atoms with Crippen LogP contribution < -0.4 is 16.4 Å². The molecule has 1 heterocycles. The maximum atomic E-state index is 12.1. The predicted molar refractivity (Wildman–Crippen MR) is 48.1 cm³/mol. The first-order chi connectivity index (χ1) is 6.91. The van der Waals surface area contributed by atoms with Crippen molar-refractivity contribution in [3.05, 3.63) is 0 Å². The third-order valence-corrected chi connectivity index (χ3v) is 2.28. The average molecular weight is 225 g/mol. The van der Waals surface area contributed by atoms with Crippen LogP contribution in [0.5, 0.6) is 0 Å². The Balaban J connectivity index is 2.40. The largest absolute Gasteiger partial charge is 0.412 e. The lowest BCUT2D eigenvalue weighted by Crippen LogP contribution is -2.55. The zero-order chi connectivity index (χ0) is 11.5. The van der Waals surface area contributed by atoms with E-state index in [0.29, 0.717) is 13.0 Å². The van der Waals surface area contributed by atoms with Crippen LogP contribution >= 0.6 is 0 Å². The molecule has 1 aliphatic rings. The molecule has 0 aromatic heterocycles. The molecule has 2 atom stereocenters. The second-order valence-electron chi connectivity index (χ2n) is 3.57. The number of hydrogen-bond acceptors (Lipinski definition) is 3. The van der Waals surface area contributed by atoms with E-state index in [0.717, 1.165) is 13.0 Å². The fourth-order valence-corrected chi connectivity index (χ4v) is 1.41. The summed E-state index contributed by atoms with van der Waals surface area (Å²) in [6.45, 7) is 1.33. The summed E-state index contributed by atoms with van der Waals surface area (Å²) in [4.78, 5) is 11.1. The summed E-state index contributed by atoms with van der Waals surface area (Å²) in [6.07, 6.45) is -3.15. The number of carbonyl (C=O) groups is 1. The van der Waals surface area contributed by atoms with E-state index in [1.165, 1.54) is 0 Å². The fourth-order valence-electron chi connectivity index (χ4n) is 1.41. The molecule has 4 nitrogen and oxygen atoms in total. The van der Waals surface area contributed by atoms with Crippen LogP contribution in [-0.2, 0) is 4.79 Å². The maximum absolute atomic E-state index is 12.1. The predicted octanol–water partition coefficient (Wildman–Crippen LogP) is -0.256. The first-order valence-corrected chi connectivity index (χ1v) is 4.74. The van der Waals surface area contributed by atoms with Crippen LogP contribution in [0.4, 0.5) is 13.2 Å². The number of carbonyl (C=O) groups excluding carboxylic acids is 1. The molecule has 1 aliphatic heterocycles. The highest BCUT2D eigenvalue weighted by molar-refractivity contribution is 5.82. The molecular formula is C8H14F3N3O. The number of hydrogen-bond donors (Lipinski definition) is 3. The van der Waals surface area contributed by atoms with Gasteiger partial charge in [0.2, 0.25) is 5.91 Å². The minimum atomic E-state index is -4.67. The zero-order valence-electron chi connectivity index (χ0n) is 8.10. The van der Waals surface area contributed by atoms with Gasteiger partial charge in [-0.15, -0.1) is 0 Å². The van der Waals surface area contributed by atoms with Gasteiger partial charge in [-0.2, -0.15) is 13.2 Å². The first-order valence-electron chi connectivity index (χ1n) is 4.74. The van der Waals surface area contributed by atoms with Crippen molar-refractivity contribution in [2.75, 3.05) is 13.1 Å². The summed E-state index contributed by atoms with van der Waals surface area (Å²) in [5.41, 5.74) is 4.75. The van der Waals surface area contributed by atoms with E-state index < -0.39 is 18.1 Å². The molecule has 0 saturated carbocycles. The molecule has 1 saturated heterocycles. The third kappa shape index (κ3) is 3.67. The Labute approximate surface area is 85.4 Å². The average Bonchev–Trinajstić information content (AvgIpc) is 2.16. The van der Waals surface area contributed by atoms with Crippen LogP contribution in [0.2, 0.25) is 0 Å². The number of alkyl halides is 3. The molecule has 0 bridgehead atoms. The van der Waals surface area contributed by atoms with E-state index in [1.54, 1.807) is 0 Å². The van der Waals surface area contributed by atoms with Gasteiger partial charge >= 0.3 is 6.18 Å². The van der Waals surface area contributed by atoms with Gasteiger partial charge in [0, 0.05) is 12.6 Å². The summed E-state index contributed by atoms with van der Waals surface area (Å²) in [6, 6.07) is -2.68. The Kier molecular flexibility index (Phi) is 3.92. The lowest BCUT2D eigenvalue weighted by Gasteiger charge is -2.25. The van der Waals surface area contributed by atoms with Gasteiger partial charge in [-0.3, -0.25) is 4.79 Å². The summed E-state index contributed by atoms with van der Waals surface area (Å²) >= 11 is 0. The van der Waals surface area contributed by atoms with Crippen molar-refractivity contribution in [2.24, 2.45) is 5.73 Å². The van der Waals surface area contributed by atoms with Crippen molar-refractivity contribution < 1.29 is 18.0 Å². The smallest absolute Gasteiger partial charge is 0.350 e. The van der Waals surface area contributed by atoms with Gasteiger partial charge in [-0.05, 0) is 19.4 Å². The van der Waals surface area contributed by atoms with Crippen molar-refractivity contribution in [3.63, 3.8) is 0 Å². The lowest BCUT2D eigenvalue weighted by atomic mass is 10.1. The molecule has 1 amide bonds. The van der Waals surface area contributed by atoms with E-state index in [4.69, 9.17) is 5.73 Å². The van der Waals surface area contributed by atoms with E-state index in [1.807, 2.05) is 0 Å². The van der Waals surface area contributed by atoms with Gasteiger partial charge in [0.25, 0.3) is 0 Å². The first kappa shape index (κ1) is 12.3. The topological polar surface area (TPSA) is 67.2 Å². The number of piperidine rings is 1. The summed E-state index contributed by atoms with van der Waals surface area (Å²) in [7, 11) is 0. The number of nitrogens with one attached hydrogen (secondary N) is 2. The molecule has 88 valence electrons. The van der Waals surface area contributed by atoms with Crippen LogP contribution in [0.1, 0.15) is 12.8 Å². The number of halogens is 3. The fraction of sp³-hybridized carbons (Fsp3) is 0.875. The highest BCUT2D eigenvalue weighted by atomic mass is 19.4. The molecule has 0 radical (unpaired) electrons. The Bertz CT molecular complexity index is 226. The van der Waals surface area contributed by atoms with Crippen molar-refractivity contribution >= 4 is 5.91 Å². The van der Waals surface area contributed by atoms with Gasteiger partial charge < -0.3 is 16.4 Å². The molecule has 1 rings (SSSR count). The SMILES string of the molecule is NC(C(=O)NC1CCCNC1)C(F)(F)F. The zero-order valence-corrected chi connectivity index (χ0v) is 8.10. The molecule has 2 unspecified atom stereocenters. The van der Waals surface area contributed by atoms with Gasteiger partial charge in [0.1, 0.15) is 0 Å². The molecular weight excluding hydrogens is 211 g/mol. The number of rotatable bonds is 2.